The lowest BCUT2D eigenvalue weighted by molar-refractivity contribution is -0.384. The van der Waals surface area contributed by atoms with E-state index in [9.17, 15) is 28.9 Å². The van der Waals surface area contributed by atoms with E-state index in [0.717, 1.165) is 17.0 Å². The van der Waals surface area contributed by atoms with E-state index >= 15 is 0 Å². The molecule has 0 aliphatic carbocycles. The summed E-state index contributed by atoms with van der Waals surface area (Å²) in [7, 11) is 0. The molecule has 2 amide bonds. The van der Waals surface area contributed by atoms with Crippen LogP contribution in [0.5, 0.6) is 0 Å². The lowest BCUT2D eigenvalue weighted by atomic mass is 9.86. The highest BCUT2D eigenvalue weighted by Crippen LogP contribution is 2.46. The lowest BCUT2D eigenvalue weighted by Gasteiger charge is -2.30. The first-order chi connectivity index (χ1) is 15.4. The van der Waals surface area contributed by atoms with Crippen molar-refractivity contribution in [3.8, 4) is 0 Å². The zero-order valence-electron chi connectivity index (χ0n) is 16.4. The number of Topliss-reactive ketones (excluding diaryl/α,β-unsaturated/α-hetero) is 1. The number of benzene rings is 2. The van der Waals surface area contributed by atoms with Gasteiger partial charge in [-0.3, -0.25) is 29.5 Å². The molecule has 32 heavy (non-hydrogen) atoms. The third-order valence-corrected chi connectivity index (χ3v) is 5.97. The fourth-order valence-electron chi connectivity index (χ4n) is 4.65. The predicted molar refractivity (Wildman–Crippen MR) is 110 cm³/mol. The van der Waals surface area contributed by atoms with Gasteiger partial charge in [0.05, 0.1) is 28.5 Å². The van der Waals surface area contributed by atoms with Crippen LogP contribution in [0.2, 0.25) is 0 Å². The Hall–Kier alpha value is -4.21. The van der Waals surface area contributed by atoms with Gasteiger partial charge in [-0.25, -0.2) is 9.29 Å². The van der Waals surface area contributed by atoms with E-state index in [1.54, 1.807) is 12.2 Å². The largest absolute Gasteiger partial charge is 0.292 e. The van der Waals surface area contributed by atoms with E-state index in [4.69, 9.17) is 0 Å². The molecule has 10 heteroatoms. The van der Waals surface area contributed by atoms with Gasteiger partial charge in [-0.1, -0.05) is 24.3 Å². The summed E-state index contributed by atoms with van der Waals surface area (Å²) < 4.78 is 13.8. The number of hydrogen-bond donors (Lipinski definition) is 0. The van der Waals surface area contributed by atoms with E-state index in [-0.39, 0.29) is 16.9 Å². The number of imide groups is 1. The summed E-state index contributed by atoms with van der Waals surface area (Å²) in [5, 5.41) is 16.8. The van der Waals surface area contributed by atoms with Crippen LogP contribution in [-0.4, -0.2) is 45.8 Å². The molecular formula is C22H15FN4O5. The highest BCUT2D eigenvalue weighted by atomic mass is 19.1. The third kappa shape index (κ3) is 2.83. The number of nitro groups is 1. The van der Waals surface area contributed by atoms with Crippen molar-refractivity contribution < 1.29 is 23.7 Å². The standard InChI is InChI=1S/C22H15FN4O5/c23-13-5-2-6-14(11-13)25-21(29)17-16-8-3-9-24-26(16)19(18(17)22(25)30)20(28)12-4-1-7-15(10-12)27(31)32/h1-11,16-19H/t16-,17-,18+,19-/m1/s1. The molecule has 0 N–H and O–H groups in total. The lowest BCUT2D eigenvalue weighted by Crippen LogP contribution is -2.46. The first kappa shape index (κ1) is 19.7. The maximum Gasteiger partial charge on any atom is 0.270 e. The van der Waals surface area contributed by atoms with Gasteiger partial charge in [-0.05, 0) is 24.3 Å². The maximum absolute atomic E-state index is 13.8. The normalized spacial score (nSPS) is 25.8. The molecule has 0 aromatic heterocycles. The van der Waals surface area contributed by atoms with Crippen molar-refractivity contribution in [3.63, 3.8) is 0 Å². The summed E-state index contributed by atoms with van der Waals surface area (Å²) in [6, 6.07) is 8.55. The van der Waals surface area contributed by atoms with Gasteiger partial charge in [0.2, 0.25) is 11.8 Å². The third-order valence-electron chi connectivity index (χ3n) is 5.97. The number of hydrogen-bond acceptors (Lipinski definition) is 7. The fraction of sp³-hybridized carbons (Fsp3) is 0.182. The van der Waals surface area contributed by atoms with Crippen molar-refractivity contribution in [2.75, 3.05) is 4.90 Å². The van der Waals surface area contributed by atoms with Crippen LogP contribution in [0.25, 0.3) is 0 Å². The van der Waals surface area contributed by atoms with Gasteiger partial charge in [-0.2, -0.15) is 5.10 Å². The molecule has 0 spiro atoms. The number of allylic oxidation sites excluding steroid dienone is 1. The quantitative estimate of drug-likeness (QED) is 0.316. The number of nitro benzene ring substituents is 1. The Morgan fingerprint density at radius 2 is 1.81 bits per heavy atom. The molecule has 4 atom stereocenters. The van der Waals surface area contributed by atoms with Crippen LogP contribution in [0.1, 0.15) is 10.4 Å². The van der Waals surface area contributed by atoms with E-state index in [1.807, 2.05) is 0 Å². The van der Waals surface area contributed by atoms with Gasteiger partial charge in [0.25, 0.3) is 5.69 Å². The average molecular weight is 434 g/mol. The minimum atomic E-state index is -1.14. The topological polar surface area (TPSA) is 113 Å². The molecule has 0 unspecified atom stereocenters. The molecule has 0 bridgehead atoms. The molecule has 2 saturated heterocycles. The van der Waals surface area contributed by atoms with E-state index in [1.165, 1.54) is 47.6 Å². The van der Waals surface area contributed by atoms with Crippen LogP contribution in [0.3, 0.4) is 0 Å². The smallest absolute Gasteiger partial charge is 0.270 e. The fourth-order valence-corrected chi connectivity index (χ4v) is 4.65. The number of anilines is 1. The van der Waals surface area contributed by atoms with E-state index in [0.29, 0.717) is 0 Å². The van der Waals surface area contributed by atoms with Crippen LogP contribution in [0.15, 0.2) is 65.8 Å². The monoisotopic (exact) mass is 434 g/mol. The minimum Gasteiger partial charge on any atom is -0.292 e. The summed E-state index contributed by atoms with van der Waals surface area (Å²) in [5.74, 6) is -4.30. The van der Waals surface area contributed by atoms with Crippen molar-refractivity contribution in [1.29, 1.82) is 0 Å². The number of carbonyl (C=O) groups is 3. The molecule has 0 saturated carbocycles. The number of halogens is 1. The molecule has 9 nitrogen and oxygen atoms in total. The summed E-state index contributed by atoms with van der Waals surface area (Å²) >= 11 is 0. The summed E-state index contributed by atoms with van der Waals surface area (Å²) in [6.07, 6.45) is 4.76. The first-order valence-corrected chi connectivity index (χ1v) is 9.79. The number of hydrazone groups is 1. The minimum absolute atomic E-state index is 0.0396. The molecule has 2 fully saturated rings. The van der Waals surface area contributed by atoms with Crippen molar-refractivity contribution >= 4 is 35.2 Å². The Bertz CT molecular complexity index is 1240. The van der Waals surface area contributed by atoms with Crippen molar-refractivity contribution in [3.05, 3.63) is 82.2 Å². The number of rotatable bonds is 4. The first-order valence-electron chi connectivity index (χ1n) is 9.79. The highest BCUT2D eigenvalue weighted by molar-refractivity contribution is 6.24. The van der Waals surface area contributed by atoms with Crippen LogP contribution in [-0.2, 0) is 9.59 Å². The zero-order valence-corrected chi connectivity index (χ0v) is 16.4. The summed E-state index contributed by atoms with van der Waals surface area (Å²) in [4.78, 5) is 51.6. The Kier molecular flexibility index (Phi) is 4.43. The molecule has 3 aliphatic rings. The van der Waals surface area contributed by atoms with E-state index in [2.05, 4.69) is 5.10 Å². The molecule has 0 radical (unpaired) electrons. The van der Waals surface area contributed by atoms with Crippen LogP contribution < -0.4 is 4.90 Å². The number of fused-ring (bicyclic) bond motifs is 3. The number of amides is 2. The summed E-state index contributed by atoms with van der Waals surface area (Å²) in [6.45, 7) is 0. The predicted octanol–water partition coefficient (Wildman–Crippen LogP) is 2.33. The molecular weight excluding hydrogens is 419 g/mol. The maximum atomic E-state index is 13.8. The Balaban J connectivity index is 1.58. The second-order valence-electron chi connectivity index (χ2n) is 7.68. The van der Waals surface area contributed by atoms with Gasteiger partial charge in [0.1, 0.15) is 11.9 Å². The molecule has 2 aromatic rings. The van der Waals surface area contributed by atoms with Crippen molar-refractivity contribution in [2.24, 2.45) is 16.9 Å². The van der Waals surface area contributed by atoms with Gasteiger partial charge in [0.15, 0.2) is 5.78 Å². The average Bonchev–Trinajstić information content (AvgIpc) is 3.26. The zero-order chi connectivity index (χ0) is 22.6. The van der Waals surface area contributed by atoms with Crippen LogP contribution >= 0.6 is 0 Å². The van der Waals surface area contributed by atoms with Crippen molar-refractivity contribution in [2.45, 2.75) is 12.1 Å². The van der Waals surface area contributed by atoms with Gasteiger partial charge < -0.3 is 0 Å². The van der Waals surface area contributed by atoms with Crippen LogP contribution in [0.4, 0.5) is 15.8 Å². The Morgan fingerprint density at radius 1 is 1.06 bits per heavy atom. The molecule has 160 valence electrons. The number of non-ortho nitro benzene ring substituents is 1. The van der Waals surface area contributed by atoms with Crippen LogP contribution in [0, 0.1) is 27.8 Å². The van der Waals surface area contributed by atoms with Gasteiger partial charge in [0, 0.05) is 23.9 Å². The van der Waals surface area contributed by atoms with Gasteiger partial charge in [-0.15, -0.1) is 0 Å². The highest BCUT2D eigenvalue weighted by Gasteiger charge is 2.64. The number of ketones is 1. The molecule has 3 heterocycles. The SMILES string of the molecule is O=C(c1cccc([N+](=O)[O-])c1)[C@H]1[C@H]2C(=O)N(c3cccc(F)c3)C(=O)[C@@H]2[C@H]2C=CC=NN21. The second kappa shape index (κ2) is 7.19. The van der Waals surface area contributed by atoms with E-state index < -0.39 is 52.3 Å². The molecule has 5 rings (SSSR count). The second-order valence-corrected chi connectivity index (χ2v) is 7.68. The Labute approximate surface area is 180 Å². The van der Waals surface area contributed by atoms with Gasteiger partial charge >= 0.3 is 0 Å². The molecule has 3 aliphatic heterocycles. The number of carbonyl (C=O) groups excluding carboxylic acids is 3. The number of nitrogens with zero attached hydrogens (tertiary/aromatic N) is 4. The Morgan fingerprint density at radius 3 is 2.56 bits per heavy atom. The van der Waals surface area contributed by atoms with Crippen molar-refractivity contribution in [1.82, 2.24) is 5.01 Å². The summed E-state index contributed by atoms with van der Waals surface area (Å²) in [5.41, 5.74) is -0.136. The molecule has 2 aromatic carbocycles.